The minimum atomic E-state index is -5.09. The van der Waals surface area contributed by atoms with E-state index in [1.165, 1.54) is 48.4 Å². The van der Waals surface area contributed by atoms with Gasteiger partial charge in [-0.2, -0.15) is 10.5 Å². The molecule has 13 unspecified atom stereocenters. The van der Waals surface area contributed by atoms with Crippen LogP contribution in [0.15, 0.2) is 74.6 Å². The molecule has 0 radical (unpaired) electrons. The molecule has 3 fully saturated rings. The fourth-order valence-corrected chi connectivity index (χ4v) is 13.5. The van der Waals surface area contributed by atoms with Crippen molar-refractivity contribution in [1.82, 2.24) is 48.8 Å². The second-order valence-electron chi connectivity index (χ2n) is 23.2. The number of nitrogens with zero attached hydrogens (tertiary/aromatic N) is 9. The molecule has 530 valence electrons. The second-order valence-corrected chi connectivity index (χ2v) is 26.5. The van der Waals surface area contributed by atoms with Gasteiger partial charge in [-0.15, -0.1) is 0 Å². The van der Waals surface area contributed by atoms with E-state index in [1.54, 1.807) is 51.4 Å². The zero-order valence-corrected chi connectivity index (χ0v) is 56.2. The van der Waals surface area contributed by atoms with E-state index in [9.17, 15) is 63.3 Å². The average molecular weight is 1410 g/mol. The van der Waals surface area contributed by atoms with Gasteiger partial charge in [0, 0.05) is 81.3 Å². The molecule has 7 heterocycles. The van der Waals surface area contributed by atoms with E-state index < -0.39 is 169 Å². The first-order valence-corrected chi connectivity index (χ1v) is 34.3. The summed E-state index contributed by atoms with van der Waals surface area (Å²) in [6.45, 7) is 2.91. The molecule has 0 saturated carbocycles. The van der Waals surface area contributed by atoms with Gasteiger partial charge in [0.25, 0.3) is 17.0 Å². The molecule has 4 aromatic heterocycles. The molecule has 3 saturated heterocycles. The van der Waals surface area contributed by atoms with Crippen molar-refractivity contribution < 1.29 is 89.0 Å². The first-order chi connectivity index (χ1) is 46.8. The highest BCUT2D eigenvalue weighted by Gasteiger charge is 2.49. The van der Waals surface area contributed by atoms with Gasteiger partial charge in [0.2, 0.25) is 11.8 Å². The van der Waals surface area contributed by atoms with E-state index in [4.69, 9.17) is 50.8 Å². The van der Waals surface area contributed by atoms with Crippen molar-refractivity contribution in [3.8, 4) is 12.1 Å². The van der Waals surface area contributed by atoms with Crippen LogP contribution in [0.25, 0.3) is 11.2 Å². The summed E-state index contributed by atoms with van der Waals surface area (Å²) in [4.78, 5) is 135. The summed E-state index contributed by atoms with van der Waals surface area (Å²) in [7, 11) is -6.75. The number of hydrogen-bond donors (Lipinski definition) is 5. The Morgan fingerprint density at radius 3 is 1.87 bits per heavy atom. The molecule has 8 rings (SSSR count). The van der Waals surface area contributed by atoms with Crippen molar-refractivity contribution in [1.29, 1.82) is 10.5 Å². The molecular weight excluding hydrogens is 1330 g/mol. The Bertz CT molecular complexity index is 4070. The van der Waals surface area contributed by atoms with Gasteiger partial charge in [-0.1, -0.05) is 32.0 Å². The number of aromatic nitrogens is 8. The Labute approximate surface area is 559 Å². The molecule has 13 atom stereocenters. The van der Waals surface area contributed by atoms with E-state index in [1.807, 2.05) is 19.1 Å². The third-order valence-corrected chi connectivity index (χ3v) is 18.9. The van der Waals surface area contributed by atoms with Crippen LogP contribution in [-0.4, -0.2) is 175 Å². The van der Waals surface area contributed by atoms with Crippen LogP contribution in [0.1, 0.15) is 118 Å². The molecule has 0 bridgehead atoms. The number of H-pyrrole nitrogens is 2. The van der Waals surface area contributed by atoms with Gasteiger partial charge in [0.1, 0.15) is 61.6 Å². The molecule has 5 N–H and O–H groups in total. The monoisotopic (exact) mass is 1410 g/mol. The number of hydrogen-bond acceptors (Lipinski definition) is 28. The number of esters is 2. The van der Waals surface area contributed by atoms with Crippen LogP contribution in [0.5, 0.6) is 0 Å². The Morgan fingerprint density at radius 2 is 1.31 bits per heavy atom. The number of aryl methyl sites for hydroxylation is 2. The number of phosphoric acid groups is 2. The van der Waals surface area contributed by atoms with Gasteiger partial charge in [0.15, 0.2) is 17.0 Å². The third kappa shape index (κ3) is 19.9. The lowest BCUT2D eigenvalue weighted by atomic mass is 9.92. The standard InChI is InChI=1S/C60H77N13O23P2/c1-7-38(57(80)70(5)6)24-35(2)58(81)86-21-13-20-63-46(75)16-17-50(76)94-40-25-47(71-28-36(3)54(77)68-59(71)82)92-44(40)31-89-98(85,88-23-12-19-62)96-42-27-48(72-29-37(4)55(78)69-60(72)83)93-45(42)32-90-97(84,87-22-11-18-61)95-41-26-49(91-43(41)30-74)73-34-66-51-52(64-33-65-53(51)73)67-56(79)39-14-9-8-10-15-39/h8-10,14-15,28-29,33-35,38,40-45,47-49,74H,7,11-13,16-17,20-27,30-32H2,1-6H3,(H,63,75)(H,68,77,82)(H,69,78,83)(H,64,65,67,79). The van der Waals surface area contributed by atoms with Gasteiger partial charge in [-0.05, 0) is 45.2 Å². The molecule has 0 spiro atoms. The van der Waals surface area contributed by atoms with Crippen molar-refractivity contribution in [3.63, 3.8) is 0 Å². The summed E-state index contributed by atoms with van der Waals surface area (Å²) < 4.78 is 98.6. The summed E-state index contributed by atoms with van der Waals surface area (Å²) in [6, 6.07) is 12.0. The average Bonchev–Trinajstić information content (AvgIpc) is 1.63. The number of ether oxygens (including phenoxy) is 5. The third-order valence-electron chi connectivity index (χ3n) is 15.9. The minimum absolute atomic E-state index is 0.0318. The molecule has 3 aliphatic heterocycles. The minimum Gasteiger partial charge on any atom is -0.465 e. The fourth-order valence-electron chi connectivity index (χ4n) is 10.7. The summed E-state index contributed by atoms with van der Waals surface area (Å²) in [5, 5.41) is 34.9. The lowest BCUT2D eigenvalue weighted by Crippen LogP contribution is -2.34. The molecule has 98 heavy (non-hydrogen) atoms. The summed E-state index contributed by atoms with van der Waals surface area (Å²) in [6.07, 6.45) is -8.44. The number of imidazole rings is 1. The number of benzene rings is 1. The highest BCUT2D eigenvalue weighted by Crippen LogP contribution is 2.56. The first kappa shape index (κ1) is 75.3. The fraction of sp³-hybridized carbons (Fsp3) is 0.567. The maximum atomic E-state index is 15.1. The quantitative estimate of drug-likeness (QED) is 0.0220. The van der Waals surface area contributed by atoms with Gasteiger partial charge < -0.3 is 44.3 Å². The van der Waals surface area contributed by atoms with Crippen LogP contribution in [-0.2, 0) is 79.1 Å². The number of aromatic amines is 2. The van der Waals surface area contributed by atoms with Crippen molar-refractivity contribution in [3.05, 3.63) is 114 Å². The van der Waals surface area contributed by atoms with Crippen molar-refractivity contribution in [2.24, 2.45) is 11.8 Å². The topological polar surface area (TPSA) is 469 Å². The Hall–Kier alpha value is -8.48. The van der Waals surface area contributed by atoms with Gasteiger partial charge in [-0.3, -0.25) is 84.4 Å². The summed E-state index contributed by atoms with van der Waals surface area (Å²) in [5.74, 6) is -3.38. The maximum absolute atomic E-state index is 15.1. The zero-order valence-electron chi connectivity index (χ0n) is 54.4. The molecular formula is C60H77N13O23P2. The van der Waals surface area contributed by atoms with Crippen molar-refractivity contribution >= 4 is 62.3 Å². The molecule has 36 nitrogen and oxygen atoms in total. The largest absolute Gasteiger partial charge is 0.475 e. The molecule has 0 aliphatic carbocycles. The number of carbonyl (C=O) groups excluding carboxylic acids is 5. The number of nitriles is 2. The number of nitrogens with one attached hydrogen (secondary N) is 4. The van der Waals surface area contributed by atoms with Crippen molar-refractivity contribution in [2.45, 2.75) is 147 Å². The van der Waals surface area contributed by atoms with E-state index in [0.29, 0.717) is 18.4 Å². The number of carbonyl (C=O) groups is 5. The van der Waals surface area contributed by atoms with Gasteiger partial charge >= 0.3 is 39.0 Å². The molecule has 3 amide bonds. The van der Waals surface area contributed by atoms with E-state index in [-0.39, 0.29) is 91.6 Å². The molecule has 3 aliphatic rings. The molecule has 5 aromatic rings. The number of rotatable bonds is 35. The maximum Gasteiger partial charge on any atom is 0.475 e. The van der Waals surface area contributed by atoms with Crippen LogP contribution in [0.2, 0.25) is 0 Å². The second kappa shape index (κ2) is 34.8. The SMILES string of the molecule is CCC(CC(C)C(=O)OCCCNC(=O)CCC(=O)OC1CC(n2cc(C)c(=O)[nH]c2=O)OC1COP(=O)(OCCC#N)OC1CC(n2cc(C)c(=O)[nH]c2=O)OC1COP(=O)(OCCC#N)OC1CC(n2cnc3c(NC(=O)c4ccccc4)ncnc32)OC1CO)C(=O)N(C)C. The number of amides is 3. The highest BCUT2D eigenvalue weighted by atomic mass is 31.2. The van der Waals surface area contributed by atoms with Crippen LogP contribution >= 0.6 is 15.6 Å². The predicted molar refractivity (Wildman–Crippen MR) is 338 cm³/mol. The van der Waals surface area contributed by atoms with Crippen LogP contribution in [0, 0.1) is 48.3 Å². The van der Waals surface area contributed by atoms with E-state index >= 15 is 4.57 Å². The van der Waals surface area contributed by atoms with Gasteiger partial charge in [-0.25, -0.2) is 33.7 Å². The zero-order chi connectivity index (χ0) is 70.8. The number of aliphatic hydroxyl groups is 1. The molecule has 38 heteroatoms. The molecule has 1 aromatic carbocycles. The summed E-state index contributed by atoms with van der Waals surface area (Å²) >= 11 is 0. The van der Waals surface area contributed by atoms with E-state index in [2.05, 4.69) is 35.6 Å². The number of anilines is 1. The number of aliphatic hydroxyl groups excluding tert-OH is 1. The Kier molecular flexibility index (Phi) is 26.8. The Balaban J connectivity index is 0.966. The van der Waals surface area contributed by atoms with E-state index in [0.717, 1.165) is 9.13 Å². The smallest absolute Gasteiger partial charge is 0.465 e. The van der Waals surface area contributed by atoms with Gasteiger partial charge in [0.05, 0.1) is 83.3 Å². The van der Waals surface area contributed by atoms with Crippen LogP contribution in [0.3, 0.4) is 0 Å². The first-order valence-electron chi connectivity index (χ1n) is 31.3. The number of phosphoric ester groups is 2. The number of fused-ring (bicyclic) bond motifs is 1. The van der Waals surface area contributed by atoms with Crippen LogP contribution in [0.4, 0.5) is 5.82 Å². The normalized spacial score (nSPS) is 22.4. The predicted octanol–water partition coefficient (Wildman–Crippen LogP) is 3.41. The lowest BCUT2D eigenvalue weighted by molar-refractivity contribution is -0.154. The Morgan fingerprint density at radius 1 is 0.755 bits per heavy atom. The summed E-state index contributed by atoms with van der Waals surface area (Å²) in [5.41, 5.74) is -2.41. The lowest BCUT2D eigenvalue weighted by Gasteiger charge is -2.27. The van der Waals surface area contributed by atoms with Crippen LogP contribution < -0.4 is 33.1 Å². The highest BCUT2D eigenvalue weighted by molar-refractivity contribution is 7.48. The van der Waals surface area contributed by atoms with Crippen molar-refractivity contribution in [2.75, 3.05) is 65.6 Å².